The predicted octanol–water partition coefficient (Wildman–Crippen LogP) is 4.37. The lowest BCUT2D eigenvalue weighted by atomic mass is 9.95. The number of rotatable bonds is 7. The minimum absolute atomic E-state index is 0.113. The SMILES string of the molecule is Cc1ccc(C(=O)Oc2ccc(/C=N\NC(=O)C(=O)Nc3ccccc3C(=O)NC3CCCCC3)cc2)cc1. The highest BCUT2D eigenvalue weighted by Gasteiger charge is 2.21. The summed E-state index contributed by atoms with van der Waals surface area (Å²) >= 11 is 0. The van der Waals surface area contributed by atoms with E-state index >= 15 is 0 Å². The molecule has 1 saturated carbocycles. The van der Waals surface area contributed by atoms with Crippen LogP contribution >= 0.6 is 0 Å². The molecule has 9 heteroatoms. The van der Waals surface area contributed by atoms with Crippen LogP contribution < -0.4 is 20.8 Å². The molecule has 0 radical (unpaired) electrons. The van der Waals surface area contributed by atoms with E-state index in [9.17, 15) is 19.2 Å². The van der Waals surface area contributed by atoms with Gasteiger partial charge in [0.2, 0.25) is 0 Å². The Hall–Kier alpha value is -4.79. The second kappa shape index (κ2) is 13.1. The van der Waals surface area contributed by atoms with E-state index in [-0.39, 0.29) is 23.2 Å². The summed E-state index contributed by atoms with van der Waals surface area (Å²) < 4.78 is 5.36. The van der Waals surface area contributed by atoms with Gasteiger partial charge in [-0.25, -0.2) is 10.2 Å². The number of anilines is 1. The van der Waals surface area contributed by atoms with Crippen LogP contribution in [0.15, 0.2) is 77.9 Å². The summed E-state index contributed by atoms with van der Waals surface area (Å²) in [5.41, 5.74) is 4.79. The molecule has 4 rings (SSSR count). The highest BCUT2D eigenvalue weighted by atomic mass is 16.5. The molecule has 0 heterocycles. The Labute approximate surface area is 226 Å². The normalized spacial score (nSPS) is 13.5. The number of nitrogens with one attached hydrogen (secondary N) is 3. The van der Waals surface area contributed by atoms with E-state index in [1.54, 1.807) is 60.7 Å². The van der Waals surface area contributed by atoms with Crippen molar-refractivity contribution in [3.05, 3.63) is 95.1 Å². The molecular formula is C30H30N4O5. The van der Waals surface area contributed by atoms with E-state index in [4.69, 9.17) is 4.74 Å². The Bertz CT molecular complexity index is 1360. The Morgan fingerprint density at radius 2 is 1.54 bits per heavy atom. The summed E-state index contributed by atoms with van der Waals surface area (Å²) in [6.45, 7) is 1.93. The predicted molar refractivity (Wildman–Crippen MR) is 148 cm³/mol. The number of para-hydroxylation sites is 1. The van der Waals surface area contributed by atoms with Gasteiger partial charge >= 0.3 is 17.8 Å². The third kappa shape index (κ3) is 7.85. The number of hydrogen-bond acceptors (Lipinski definition) is 6. The molecule has 0 saturated heterocycles. The zero-order chi connectivity index (χ0) is 27.6. The van der Waals surface area contributed by atoms with Crippen molar-refractivity contribution < 1.29 is 23.9 Å². The van der Waals surface area contributed by atoms with E-state index in [1.165, 1.54) is 12.6 Å². The maximum Gasteiger partial charge on any atom is 0.343 e. The quantitative estimate of drug-likeness (QED) is 0.139. The second-order valence-electron chi connectivity index (χ2n) is 9.33. The Morgan fingerprint density at radius 3 is 2.26 bits per heavy atom. The smallest absolute Gasteiger partial charge is 0.343 e. The van der Waals surface area contributed by atoms with Crippen molar-refractivity contribution in [2.24, 2.45) is 5.10 Å². The van der Waals surface area contributed by atoms with Crippen molar-refractivity contribution in [1.82, 2.24) is 10.7 Å². The first-order valence-electron chi connectivity index (χ1n) is 12.8. The zero-order valence-corrected chi connectivity index (χ0v) is 21.6. The molecule has 1 aliphatic carbocycles. The standard InChI is InChI=1S/C30H30N4O5/c1-20-11-15-22(16-12-20)30(38)39-24-17-13-21(14-18-24)19-31-34-29(37)28(36)33-26-10-6-5-9-25(26)27(35)32-23-7-3-2-4-8-23/h5-6,9-19,23H,2-4,7-8H2,1H3,(H,32,35)(H,33,36)(H,34,37)/b31-19-. The van der Waals surface area contributed by atoms with Crippen LogP contribution in [0.5, 0.6) is 5.75 Å². The van der Waals surface area contributed by atoms with Crippen LogP contribution in [0.4, 0.5) is 5.69 Å². The topological polar surface area (TPSA) is 126 Å². The average Bonchev–Trinajstić information content (AvgIpc) is 2.95. The number of amides is 3. The van der Waals surface area contributed by atoms with Crippen LogP contribution in [0.1, 0.15) is 63.9 Å². The third-order valence-corrected chi connectivity index (χ3v) is 6.32. The summed E-state index contributed by atoms with van der Waals surface area (Å²) in [7, 11) is 0. The molecule has 3 aromatic rings. The van der Waals surface area contributed by atoms with Gasteiger partial charge in [0.15, 0.2) is 0 Å². The van der Waals surface area contributed by atoms with E-state index in [1.807, 2.05) is 19.1 Å². The van der Waals surface area contributed by atoms with Gasteiger partial charge in [0.25, 0.3) is 5.91 Å². The highest BCUT2D eigenvalue weighted by Crippen LogP contribution is 2.20. The van der Waals surface area contributed by atoms with E-state index in [0.29, 0.717) is 16.9 Å². The monoisotopic (exact) mass is 526 g/mol. The summed E-state index contributed by atoms with van der Waals surface area (Å²) in [6.07, 6.45) is 6.55. The maximum absolute atomic E-state index is 12.8. The Balaban J connectivity index is 1.28. The zero-order valence-electron chi connectivity index (χ0n) is 21.6. The molecule has 0 unspecified atom stereocenters. The lowest BCUT2D eigenvalue weighted by molar-refractivity contribution is -0.136. The number of hydrogen-bond donors (Lipinski definition) is 3. The number of benzene rings is 3. The lowest BCUT2D eigenvalue weighted by Gasteiger charge is -2.23. The van der Waals surface area contributed by atoms with Gasteiger partial charge in [0.05, 0.1) is 23.0 Å². The molecule has 3 aromatic carbocycles. The molecule has 0 aromatic heterocycles. The van der Waals surface area contributed by atoms with Gasteiger partial charge in [-0.3, -0.25) is 14.4 Å². The largest absolute Gasteiger partial charge is 0.423 e. The number of nitrogens with zero attached hydrogens (tertiary/aromatic N) is 1. The molecule has 9 nitrogen and oxygen atoms in total. The van der Waals surface area contributed by atoms with Gasteiger partial charge in [-0.2, -0.15) is 5.10 Å². The average molecular weight is 527 g/mol. The first kappa shape index (κ1) is 27.3. The molecule has 0 atom stereocenters. The van der Waals surface area contributed by atoms with E-state index in [2.05, 4.69) is 21.2 Å². The van der Waals surface area contributed by atoms with Gasteiger partial charge < -0.3 is 15.4 Å². The lowest BCUT2D eigenvalue weighted by Crippen LogP contribution is -2.37. The van der Waals surface area contributed by atoms with E-state index in [0.717, 1.165) is 31.2 Å². The van der Waals surface area contributed by atoms with Gasteiger partial charge in [-0.05, 0) is 73.9 Å². The number of carbonyl (C=O) groups excluding carboxylic acids is 4. The van der Waals surface area contributed by atoms with Crippen LogP contribution in [0.2, 0.25) is 0 Å². The van der Waals surface area contributed by atoms with Gasteiger partial charge in [-0.1, -0.05) is 49.1 Å². The van der Waals surface area contributed by atoms with Gasteiger partial charge in [-0.15, -0.1) is 0 Å². The van der Waals surface area contributed by atoms with Crippen LogP contribution in [0, 0.1) is 6.92 Å². The van der Waals surface area contributed by atoms with Gasteiger partial charge in [0, 0.05) is 6.04 Å². The summed E-state index contributed by atoms with van der Waals surface area (Å²) in [6, 6.07) is 20.2. The molecule has 1 fully saturated rings. The fourth-order valence-electron chi connectivity index (χ4n) is 4.17. The van der Waals surface area contributed by atoms with Crippen molar-refractivity contribution in [3.63, 3.8) is 0 Å². The van der Waals surface area contributed by atoms with Crippen molar-refractivity contribution in [2.45, 2.75) is 45.1 Å². The molecular weight excluding hydrogens is 496 g/mol. The number of ether oxygens (including phenoxy) is 1. The summed E-state index contributed by atoms with van der Waals surface area (Å²) in [4.78, 5) is 49.7. The number of aryl methyl sites for hydroxylation is 1. The molecule has 39 heavy (non-hydrogen) atoms. The van der Waals surface area contributed by atoms with Crippen molar-refractivity contribution in [1.29, 1.82) is 0 Å². The van der Waals surface area contributed by atoms with Gasteiger partial charge in [0.1, 0.15) is 5.75 Å². The minimum atomic E-state index is -0.989. The number of esters is 1. The summed E-state index contributed by atoms with van der Waals surface area (Å²) in [5, 5.41) is 9.31. The first-order chi connectivity index (χ1) is 18.9. The van der Waals surface area contributed by atoms with Crippen LogP contribution in [0.3, 0.4) is 0 Å². The fraction of sp³-hybridized carbons (Fsp3) is 0.233. The molecule has 3 N–H and O–H groups in total. The molecule has 200 valence electrons. The fourth-order valence-corrected chi connectivity index (χ4v) is 4.17. The van der Waals surface area contributed by atoms with Crippen LogP contribution in [-0.4, -0.2) is 35.9 Å². The highest BCUT2D eigenvalue weighted by molar-refractivity contribution is 6.40. The van der Waals surface area contributed by atoms with Crippen LogP contribution in [0.25, 0.3) is 0 Å². The van der Waals surface area contributed by atoms with Crippen molar-refractivity contribution in [3.8, 4) is 5.75 Å². The third-order valence-electron chi connectivity index (χ3n) is 6.32. The Morgan fingerprint density at radius 1 is 0.846 bits per heavy atom. The number of carbonyl (C=O) groups is 4. The molecule has 3 amide bonds. The second-order valence-corrected chi connectivity index (χ2v) is 9.33. The van der Waals surface area contributed by atoms with Crippen molar-refractivity contribution >= 4 is 35.6 Å². The molecule has 0 bridgehead atoms. The number of hydrazone groups is 1. The molecule has 0 aliphatic heterocycles. The van der Waals surface area contributed by atoms with Crippen LogP contribution in [-0.2, 0) is 9.59 Å². The molecule has 0 spiro atoms. The maximum atomic E-state index is 12.8. The molecule has 1 aliphatic rings. The summed E-state index contributed by atoms with van der Waals surface area (Å²) in [5.74, 6) is -2.35. The first-order valence-corrected chi connectivity index (χ1v) is 12.8. The van der Waals surface area contributed by atoms with Crippen molar-refractivity contribution in [2.75, 3.05) is 5.32 Å². The Kier molecular flexibility index (Phi) is 9.18. The minimum Gasteiger partial charge on any atom is -0.423 e. The van der Waals surface area contributed by atoms with E-state index < -0.39 is 17.8 Å².